The molecule has 0 radical (unpaired) electrons. The molecule has 15 heavy (non-hydrogen) atoms. The Kier molecular flexibility index (Phi) is 2.75. The standard InChI is InChI=1S/C11H12ClN3/c1-7-10(6-13)11(15-14-7)8-2-4-9(12)5-3-8/h2-5H,6,13H2,1H3,(H,14,15). The lowest BCUT2D eigenvalue weighted by molar-refractivity contribution is 1.03. The van der Waals surface area contributed by atoms with Crippen molar-refractivity contribution in [3.05, 3.63) is 40.5 Å². The van der Waals surface area contributed by atoms with Crippen molar-refractivity contribution in [2.75, 3.05) is 0 Å². The Balaban J connectivity index is 2.49. The molecular weight excluding hydrogens is 210 g/mol. The predicted molar refractivity (Wildman–Crippen MR) is 61.7 cm³/mol. The van der Waals surface area contributed by atoms with Crippen molar-refractivity contribution in [3.63, 3.8) is 0 Å². The van der Waals surface area contributed by atoms with E-state index in [0.717, 1.165) is 27.5 Å². The van der Waals surface area contributed by atoms with Crippen LogP contribution in [0.1, 0.15) is 11.3 Å². The molecule has 0 saturated heterocycles. The van der Waals surface area contributed by atoms with Crippen LogP contribution in [-0.2, 0) is 6.54 Å². The maximum absolute atomic E-state index is 5.83. The molecule has 1 aromatic heterocycles. The van der Waals surface area contributed by atoms with Crippen LogP contribution in [0.25, 0.3) is 11.3 Å². The van der Waals surface area contributed by atoms with E-state index in [1.54, 1.807) is 0 Å². The molecule has 0 saturated carbocycles. The highest BCUT2D eigenvalue weighted by atomic mass is 35.5. The largest absolute Gasteiger partial charge is 0.326 e. The number of benzene rings is 1. The van der Waals surface area contributed by atoms with Gasteiger partial charge in [0.15, 0.2) is 0 Å². The van der Waals surface area contributed by atoms with E-state index < -0.39 is 0 Å². The number of H-pyrrole nitrogens is 1. The van der Waals surface area contributed by atoms with E-state index in [2.05, 4.69) is 10.2 Å². The van der Waals surface area contributed by atoms with Gasteiger partial charge in [-0.3, -0.25) is 5.10 Å². The van der Waals surface area contributed by atoms with E-state index in [1.807, 2.05) is 31.2 Å². The lowest BCUT2D eigenvalue weighted by Crippen LogP contribution is -1.98. The number of aryl methyl sites for hydroxylation is 1. The van der Waals surface area contributed by atoms with Gasteiger partial charge in [0.2, 0.25) is 0 Å². The highest BCUT2D eigenvalue weighted by Gasteiger charge is 2.10. The van der Waals surface area contributed by atoms with E-state index in [0.29, 0.717) is 6.54 Å². The van der Waals surface area contributed by atoms with Gasteiger partial charge in [0.05, 0.1) is 5.69 Å². The fourth-order valence-electron chi connectivity index (χ4n) is 1.55. The molecule has 0 spiro atoms. The van der Waals surface area contributed by atoms with Crippen LogP contribution in [0.3, 0.4) is 0 Å². The molecule has 2 rings (SSSR count). The Morgan fingerprint density at radius 1 is 1.33 bits per heavy atom. The summed E-state index contributed by atoms with van der Waals surface area (Å²) in [6, 6.07) is 7.58. The van der Waals surface area contributed by atoms with Gasteiger partial charge in [-0.25, -0.2) is 0 Å². The van der Waals surface area contributed by atoms with Crippen molar-refractivity contribution >= 4 is 11.6 Å². The Morgan fingerprint density at radius 2 is 2.00 bits per heavy atom. The molecule has 0 bridgehead atoms. The van der Waals surface area contributed by atoms with Gasteiger partial charge < -0.3 is 5.73 Å². The van der Waals surface area contributed by atoms with E-state index >= 15 is 0 Å². The second-order valence-electron chi connectivity index (χ2n) is 3.39. The highest BCUT2D eigenvalue weighted by molar-refractivity contribution is 6.30. The SMILES string of the molecule is Cc1[nH]nc(-c2ccc(Cl)cc2)c1CN. The van der Waals surface area contributed by atoms with E-state index in [-0.39, 0.29) is 0 Å². The number of nitrogens with one attached hydrogen (secondary N) is 1. The third-order valence-corrected chi connectivity index (χ3v) is 2.65. The zero-order valence-corrected chi connectivity index (χ0v) is 9.17. The monoisotopic (exact) mass is 221 g/mol. The van der Waals surface area contributed by atoms with Crippen molar-refractivity contribution in [1.29, 1.82) is 0 Å². The van der Waals surface area contributed by atoms with Crippen molar-refractivity contribution in [3.8, 4) is 11.3 Å². The topological polar surface area (TPSA) is 54.7 Å². The predicted octanol–water partition coefficient (Wildman–Crippen LogP) is 2.50. The number of hydrogen-bond acceptors (Lipinski definition) is 2. The summed E-state index contributed by atoms with van der Waals surface area (Å²) in [6.07, 6.45) is 0. The first kappa shape index (κ1) is 10.2. The number of nitrogens with two attached hydrogens (primary N) is 1. The molecule has 0 aliphatic carbocycles. The summed E-state index contributed by atoms with van der Waals surface area (Å²) in [6.45, 7) is 2.45. The summed E-state index contributed by atoms with van der Waals surface area (Å²) in [5, 5.41) is 7.90. The van der Waals surface area contributed by atoms with Crippen LogP contribution >= 0.6 is 11.6 Å². The van der Waals surface area contributed by atoms with E-state index in [9.17, 15) is 0 Å². The van der Waals surface area contributed by atoms with Crippen LogP contribution < -0.4 is 5.73 Å². The van der Waals surface area contributed by atoms with Crippen LogP contribution in [0.4, 0.5) is 0 Å². The molecule has 3 nitrogen and oxygen atoms in total. The third-order valence-electron chi connectivity index (χ3n) is 2.40. The number of aromatic nitrogens is 2. The van der Waals surface area contributed by atoms with Gasteiger partial charge >= 0.3 is 0 Å². The van der Waals surface area contributed by atoms with Crippen molar-refractivity contribution < 1.29 is 0 Å². The van der Waals surface area contributed by atoms with Crippen LogP contribution in [0.2, 0.25) is 5.02 Å². The first-order valence-corrected chi connectivity index (χ1v) is 5.10. The van der Waals surface area contributed by atoms with Crippen LogP contribution in [-0.4, -0.2) is 10.2 Å². The normalized spacial score (nSPS) is 10.6. The molecular formula is C11H12ClN3. The van der Waals surface area contributed by atoms with Gasteiger partial charge in [-0.2, -0.15) is 5.10 Å². The highest BCUT2D eigenvalue weighted by Crippen LogP contribution is 2.24. The average molecular weight is 222 g/mol. The Morgan fingerprint density at radius 3 is 2.60 bits per heavy atom. The fourth-order valence-corrected chi connectivity index (χ4v) is 1.67. The number of rotatable bonds is 2. The zero-order valence-electron chi connectivity index (χ0n) is 8.42. The first-order valence-electron chi connectivity index (χ1n) is 4.72. The molecule has 0 aliphatic rings. The van der Waals surface area contributed by atoms with E-state index in [1.165, 1.54) is 0 Å². The lowest BCUT2D eigenvalue weighted by Gasteiger charge is -2.00. The third kappa shape index (κ3) is 1.89. The van der Waals surface area contributed by atoms with Gasteiger partial charge in [-0.05, 0) is 19.1 Å². The van der Waals surface area contributed by atoms with Crippen LogP contribution in [0.5, 0.6) is 0 Å². The maximum atomic E-state index is 5.83. The lowest BCUT2D eigenvalue weighted by atomic mass is 10.1. The van der Waals surface area contributed by atoms with Gasteiger partial charge in [-0.1, -0.05) is 23.7 Å². The molecule has 2 aromatic rings. The van der Waals surface area contributed by atoms with Gasteiger partial charge in [-0.15, -0.1) is 0 Å². The minimum absolute atomic E-state index is 0.486. The minimum atomic E-state index is 0.486. The molecule has 0 aliphatic heterocycles. The molecule has 78 valence electrons. The number of aromatic amines is 1. The average Bonchev–Trinajstić information content (AvgIpc) is 2.61. The van der Waals surface area contributed by atoms with Crippen LogP contribution in [0, 0.1) is 6.92 Å². The second-order valence-corrected chi connectivity index (χ2v) is 3.82. The van der Waals surface area contributed by atoms with Crippen molar-refractivity contribution in [2.24, 2.45) is 5.73 Å². The summed E-state index contributed by atoms with van der Waals surface area (Å²) in [5.74, 6) is 0. The molecule has 0 amide bonds. The summed E-state index contributed by atoms with van der Waals surface area (Å²) in [7, 11) is 0. The van der Waals surface area contributed by atoms with Gasteiger partial charge in [0, 0.05) is 28.4 Å². The Hall–Kier alpha value is -1.32. The molecule has 3 N–H and O–H groups in total. The number of hydrogen-bond donors (Lipinski definition) is 2. The zero-order chi connectivity index (χ0) is 10.8. The first-order chi connectivity index (χ1) is 7.22. The summed E-state index contributed by atoms with van der Waals surface area (Å²) >= 11 is 5.83. The van der Waals surface area contributed by atoms with Crippen molar-refractivity contribution in [1.82, 2.24) is 10.2 Å². The smallest absolute Gasteiger partial charge is 0.0968 e. The quantitative estimate of drug-likeness (QED) is 0.819. The summed E-state index contributed by atoms with van der Waals surface area (Å²) in [4.78, 5) is 0. The fraction of sp³-hybridized carbons (Fsp3) is 0.182. The molecule has 0 unspecified atom stereocenters. The molecule has 0 atom stereocenters. The Bertz CT molecular complexity index is 459. The van der Waals surface area contributed by atoms with Gasteiger partial charge in [0.25, 0.3) is 0 Å². The summed E-state index contributed by atoms with van der Waals surface area (Å²) in [5.41, 5.74) is 9.69. The van der Waals surface area contributed by atoms with Crippen LogP contribution in [0.15, 0.2) is 24.3 Å². The number of nitrogens with zero attached hydrogens (tertiary/aromatic N) is 1. The molecule has 0 fully saturated rings. The van der Waals surface area contributed by atoms with Crippen molar-refractivity contribution in [2.45, 2.75) is 13.5 Å². The Labute approximate surface area is 93.3 Å². The van der Waals surface area contributed by atoms with Gasteiger partial charge in [0.1, 0.15) is 0 Å². The molecule has 1 heterocycles. The number of halogens is 1. The second kappa shape index (κ2) is 4.04. The molecule has 1 aromatic carbocycles. The van der Waals surface area contributed by atoms with E-state index in [4.69, 9.17) is 17.3 Å². The summed E-state index contributed by atoms with van der Waals surface area (Å²) < 4.78 is 0. The maximum Gasteiger partial charge on any atom is 0.0968 e. The minimum Gasteiger partial charge on any atom is -0.326 e. The molecule has 4 heteroatoms.